The van der Waals surface area contributed by atoms with E-state index in [9.17, 15) is 14.4 Å². The Morgan fingerprint density at radius 1 is 1.03 bits per heavy atom. The second-order valence-corrected chi connectivity index (χ2v) is 11.9. The molecule has 0 radical (unpaired) electrons. The molecule has 38 heavy (non-hydrogen) atoms. The molecule has 204 valence electrons. The van der Waals surface area contributed by atoms with Crippen LogP contribution in [0.1, 0.15) is 64.9 Å². The number of ether oxygens (including phenoxy) is 1. The van der Waals surface area contributed by atoms with Gasteiger partial charge in [-0.05, 0) is 95.0 Å². The molecule has 0 spiro atoms. The maximum atomic E-state index is 13.5. The summed E-state index contributed by atoms with van der Waals surface area (Å²) in [6.45, 7) is 5.86. The number of alkyl carbamates (subject to hydrolysis) is 1. The number of amides is 3. The second kappa shape index (κ2) is 11.7. The normalized spacial score (nSPS) is 21.1. The van der Waals surface area contributed by atoms with Gasteiger partial charge in [-0.15, -0.1) is 0 Å². The van der Waals surface area contributed by atoms with Crippen LogP contribution < -0.4 is 16.0 Å². The summed E-state index contributed by atoms with van der Waals surface area (Å²) in [4.78, 5) is 42.9. The van der Waals surface area contributed by atoms with Crippen molar-refractivity contribution in [2.45, 2.75) is 76.4 Å². The lowest BCUT2D eigenvalue weighted by molar-refractivity contribution is -0.125. The van der Waals surface area contributed by atoms with E-state index >= 15 is 0 Å². The average molecular weight is 541 g/mol. The van der Waals surface area contributed by atoms with Crippen LogP contribution in [0.3, 0.4) is 0 Å². The lowest BCUT2D eigenvalue weighted by Crippen LogP contribution is -2.53. The fraction of sp³-hybridized carbons (Fsp3) is 0.517. The summed E-state index contributed by atoms with van der Waals surface area (Å²) in [7, 11) is 0. The Morgan fingerprint density at radius 3 is 2.24 bits per heavy atom. The van der Waals surface area contributed by atoms with Crippen LogP contribution in [0, 0.1) is 11.8 Å². The molecule has 1 unspecified atom stereocenters. The van der Waals surface area contributed by atoms with Crippen LogP contribution in [0.5, 0.6) is 0 Å². The maximum absolute atomic E-state index is 13.5. The smallest absolute Gasteiger partial charge is 0.408 e. The van der Waals surface area contributed by atoms with Gasteiger partial charge < -0.3 is 20.7 Å². The molecule has 1 atom stereocenters. The summed E-state index contributed by atoms with van der Waals surface area (Å²) in [5.74, 6) is -0.502. The Balaban J connectivity index is 1.38. The van der Waals surface area contributed by atoms with E-state index in [1.807, 2.05) is 24.3 Å². The van der Waals surface area contributed by atoms with Gasteiger partial charge in [-0.2, -0.15) is 0 Å². The minimum atomic E-state index is -0.741. The van der Waals surface area contributed by atoms with E-state index < -0.39 is 17.7 Å². The fourth-order valence-corrected chi connectivity index (χ4v) is 5.24. The molecule has 0 aliphatic heterocycles. The highest BCUT2D eigenvalue weighted by molar-refractivity contribution is 6.30. The molecular formula is C29H37ClN4O4. The van der Waals surface area contributed by atoms with E-state index in [0.29, 0.717) is 42.9 Å². The summed E-state index contributed by atoms with van der Waals surface area (Å²) < 4.78 is 5.46. The van der Waals surface area contributed by atoms with E-state index in [1.165, 1.54) is 0 Å². The van der Waals surface area contributed by atoms with Crippen LogP contribution in [0.25, 0.3) is 0 Å². The first-order valence-electron chi connectivity index (χ1n) is 13.3. The van der Waals surface area contributed by atoms with Crippen molar-refractivity contribution in [1.29, 1.82) is 0 Å². The molecule has 0 bridgehead atoms. The van der Waals surface area contributed by atoms with E-state index in [1.54, 1.807) is 45.3 Å². The molecule has 2 aliphatic rings. The lowest BCUT2D eigenvalue weighted by Gasteiger charge is -2.34. The third kappa shape index (κ3) is 7.47. The summed E-state index contributed by atoms with van der Waals surface area (Å²) >= 11 is 6.05. The minimum Gasteiger partial charge on any atom is -0.444 e. The van der Waals surface area contributed by atoms with E-state index in [4.69, 9.17) is 16.3 Å². The van der Waals surface area contributed by atoms with Crippen LogP contribution in [0.4, 0.5) is 10.5 Å². The summed E-state index contributed by atoms with van der Waals surface area (Å²) in [6.07, 6.45) is 7.18. The Hall–Kier alpha value is -3.13. The van der Waals surface area contributed by atoms with Crippen LogP contribution >= 0.6 is 11.6 Å². The zero-order chi connectivity index (χ0) is 27.3. The molecule has 1 aromatic heterocycles. The zero-order valence-electron chi connectivity index (χ0n) is 22.3. The molecule has 0 saturated heterocycles. The first-order valence-corrected chi connectivity index (χ1v) is 13.7. The number of nitrogens with one attached hydrogen (secondary N) is 3. The van der Waals surface area contributed by atoms with Crippen molar-refractivity contribution in [1.82, 2.24) is 15.6 Å². The third-order valence-electron chi connectivity index (χ3n) is 7.43. The Morgan fingerprint density at radius 2 is 1.66 bits per heavy atom. The first-order chi connectivity index (χ1) is 18.0. The molecule has 4 rings (SSSR count). The molecule has 3 amide bonds. The fourth-order valence-electron chi connectivity index (χ4n) is 5.11. The summed E-state index contributed by atoms with van der Waals surface area (Å²) in [5, 5.41) is 9.56. The number of rotatable bonds is 8. The van der Waals surface area contributed by atoms with Crippen LogP contribution in [-0.4, -0.2) is 41.1 Å². The average Bonchev–Trinajstić information content (AvgIpc) is 3.67. The summed E-state index contributed by atoms with van der Waals surface area (Å²) in [5.41, 5.74) is 1.09. The molecule has 3 N–H and O–H groups in total. The zero-order valence-corrected chi connectivity index (χ0v) is 23.0. The van der Waals surface area contributed by atoms with E-state index in [2.05, 4.69) is 20.9 Å². The largest absolute Gasteiger partial charge is 0.444 e. The molecule has 2 aromatic rings. The Kier molecular flexibility index (Phi) is 8.61. The molecule has 9 heteroatoms. The molecule has 8 nitrogen and oxygen atoms in total. The third-order valence-corrected chi connectivity index (χ3v) is 7.68. The van der Waals surface area contributed by atoms with Crippen LogP contribution in [-0.2, 0) is 19.7 Å². The number of anilines is 1. The summed E-state index contributed by atoms with van der Waals surface area (Å²) in [6, 6.07) is 10.5. The number of hydrogen-bond acceptors (Lipinski definition) is 5. The van der Waals surface area contributed by atoms with Crippen molar-refractivity contribution >= 4 is 35.2 Å². The highest BCUT2D eigenvalue weighted by Crippen LogP contribution is 2.47. The van der Waals surface area contributed by atoms with Gasteiger partial charge in [0.1, 0.15) is 11.6 Å². The maximum Gasteiger partial charge on any atom is 0.408 e. The van der Waals surface area contributed by atoms with Gasteiger partial charge in [0.25, 0.3) is 0 Å². The van der Waals surface area contributed by atoms with Gasteiger partial charge in [0.15, 0.2) is 0 Å². The van der Waals surface area contributed by atoms with Crippen molar-refractivity contribution in [3.8, 4) is 0 Å². The number of aromatic nitrogens is 1. The lowest BCUT2D eigenvalue weighted by atomic mass is 9.77. The Labute approximate surface area is 229 Å². The number of halogens is 1. The van der Waals surface area contributed by atoms with Gasteiger partial charge in [-0.3, -0.25) is 14.6 Å². The van der Waals surface area contributed by atoms with Gasteiger partial charge in [-0.25, -0.2) is 4.79 Å². The highest BCUT2D eigenvalue weighted by atomic mass is 35.5. The van der Waals surface area contributed by atoms with E-state index in [-0.39, 0.29) is 29.1 Å². The van der Waals surface area contributed by atoms with Gasteiger partial charge in [-0.1, -0.05) is 23.7 Å². The van der Waals surface area contributed by atoms with Gasteiger partial charge in [0, 0.05) is 41.0 Å². The number of hydrogen-bond donors (Lipinski definition) is 3. The molecule has 1 heterocycles. The monoisotopic (exact) mass is 540 g/mol. The number of carbonyl (C=O) groups is 3. The first kappa shape index (κ1) is 27.9. The quantitative estimate of drug-likeness (QED) is 0.425. The SMILES string of the molecule is CC(C)(C)OC(=O)NC(C(=O)NCC1(c2ccc(Cl)cc2)CC1)[C@H]1CC[C@H](C(=O)Nc2ccncc2)CC1. The van der Waals surface area contributed by atoms with Crippen molar-refractivity contribution in [3.63, 3.8) is 0 Å². The molecule has 1 aromatic carbocycles. The van der Waals surface area contributed by atoms with Crippen LogP contribution in [0.2, 0.25) is 5.02 Å². The molecule has 2 saturated carbocycles. The minimum absolute atomic E-state index is 0.0330. The van der Waals surface area contributed by atoms with Crippen molar-refractivity contribution in [2.24, 2.45) is 11.8 Å². The number of carbonyl (C=O) groups excluding carboxylic acids is 3. The van der Waals surface area contributed by atoms with Gasteiger partial charge in [0.2, 0.25) is 11.8 Å². The predicted octanol–water partition coefficient (Wildman–Crippen LogP) is 5.22. The topological polar surface area (TPSA) is 109 Å². The van der Waals surface area contributed by atoms with Gasteiger partial charge >= 0.3 is 6.09 Å². The second-order valence-electron chi connectivity index (χ2n) is 11.5. The molecule has 2 aliphatic carbocycles. The Bertz CT molecular complexity index is 1120. The number of pyridine rings is 1. The highest BCUT2D eigenvalue weighted by Gasteiger charge is 2.45. The van der Waals surface area contributed by atoms with Crippen molar-refractivity contribution in [2.75, 3.05) is 11.9 Å². The predicted molar refractivity (Wildman–Crippen MR) is 147 cm³/mol. The molecular weight excluding hydrogens is 504 g/mol. The van der Waals surface area contributed by atoms with Crippen molar-refractivity contribution < 1.29 is 19.1 Å². The van der Waals surface area contributed by atoms with Gasteiger partial charge in [0.05, 0.1) is 0 Å². The van der Waals surface area contributed by atoms with Crippen molar-refractivity contribution in [3.05, 3.63) is 59.4 Å². The number of benzene rings is 1. The molecule has 2 fully saturated rings. The van der Waals surface area contributed by atoms with Crippen LogP contribution in [0.15, 0.2) is 48.8 Å². The standard InChI is InChI=1S/C29H37ClN4O4/c1-28(2,3)38-27(37)34-24(26(36)32-18-29(14-15-29)21-8-10-22(30)11-9-21)19-4-6-20(7-5-19)25(35)33-23-12-16-31-17-13-23/h8-13,16-17,19-20,24H,4-7,14-15,18H2,1-3H3,(H,32,36)(H,34,37)(H,31,33,35)/t19-,20-,24?. The van der Waals surface area contributed by atoms with E-state index in [0.717, 1.165) is 18.4 Å². The number of nitrogens with zero attached hydrogens (tertiary/aromatic N) is 1.